The van der Waals surface area contributed by atoms with E-state index in [2.05, 4.69) is 15.0 Å². The third-order valence-corrected chi connectivity index (χ3v) is 6.80. The number of carbonyl (C=O) groups is 4. The molecule has 0 saturated heterocycles. The molecule has 0 bridgehead atoms. The lowest BCUT2D eigenvalue weighted by molar-refractivity contribution is -0.277. The van der Waals surface area contributed by atoms with Crippen molar-refractivity contribution in [3.63, 3.8) is 0 Å². The summed E-state index contributed by atoms with van der Waals surface area (Å²) in [6.07, 6.45) is -2.54. The molecule has 238 valence electrons. The van der Waals surface area contributed by atoms with Crippen molar-refractivity contribution >= 4 is 37.0 Å². The minimum absolute atomic E-state index is 0.0209. The summed E-state index contributed by atoms with van der Waals surface area (Å²) in [5, 5.41) is 11.7. The molecule has 1 unspecified atom stereocenters. The molecule has 4 N–H and O–H groups in total. The first-order chi connectivity index (χ1) is 20.2. The maximum atomic E-state index is 14.2. The molecule has 1 atom stereocenters. The van der Waals surface area contributed by atoms with Crippen molar-refractivity contribution in [3.05, 3.63) is 57.5 Å². The molecule has 3 rings (SSSR count). The predicted molar refractivity (Wildman–Crippen MR) is 145 cm³/mol. The lowest BCUT2D eigenvalue weighted by Gasteiger charge is -2.39. The molecule has 0 aliphatic heterocycles. The van der Waals surface area contributed by atoms with E-state index in [0.717, 1.165) is 6.20 Å². The second kappa shape index (κ2) is 16.8. The molecule has 1 heterocycles. The van der Waals surface area contributed by atoms with Gasteiger partial charge in [-0.1, -0.05) is 11.6 Å². The molecule has 0 radical (unpaired) electrons. The number of halogens is 6. The summed E-state index contributed by atoms with van der Waals surface area (Å²) in [6.45, 7) is 2.92. The van der Waals surface area contributed by atoms with Crippen LogP contribution in [0.3, 0.4) is 0 Å². The smallest absolute Gasteiger partial charge is 0.392 e. The van der Waals surface area contributed by atoms with E-state index < -0.39 is 36.4 Å². The number of nitrogens with two attached hydrogens (primary N) is 1. The highest BCUT2D eigenvalue weighted by Crippen LogP contribution is 2.47. The minimum Gasteiger partial charge on any atom is -0.392 e. The first-order valence-corrected chi connectivity index (χ1v) is 13.0. The van der Waals surface area contributed by atoms with Crippen molar-refractivity contribution in [2.45, 2.75) is 69.9 Å². The van der Waals surface area contributed by atoms with Gasteiger partial charge in [0.25, 0.3) is 0 Å². The average molecular weight is 639 g/mol. The number of benzene rings is 1. The molecule has 16 heteroatoms. The lowest BCUT2D eigenvalue weighted by Crippen LogP contribution is -2.46. The second-order valence-electron chi connectivity index (χ2n) is 9.32. The van der Waals surface area contributed by atoms with Crippen LogP contribution in [0.2, 0.25) is 5.02 Å². The maximum absolute atomic E-state index is 14.2. The first-order valence-electron chi connectivity index (χ1n) is 12.6. The van der Waals surface area contributed by atoms with Gasteiger partial charge in [0, 0.05) is 55.7 Å². The van der Waals surface area contributed by atoms with Crippen LogP contribution in [-0.2, 0) is 38.0 Å². The van der Waals surface area contributed by atoms with Gasteiger partial charge < -0.3 is 35.4 Å². The summed E-state index contributed by atoms with van der Waals surface area (Å²) in [5.41, 5.74) is 4.00. The zero-order valence-electron chi connectivity index (χ0n) is 23.3. The van der Waals surface area contributed by atoms with Crippen molar-refractivity contribution in [3.8, 4) is 5.88 Å². The van der Waals surface area contributed by atoms with E-state index in [0.29, 0.717) is 18.3 Å². The van der Waals surface area contributed by atoms with Gasteiger partial charge in [-0.25, -0.2) is 13.8 Å². The van der Waals surface area contributed by atoms with Crippen molar-refractivity contribution < 1.29 is 51.0 Å². The predicted octanol–water partition coefficient (Wildman–Crippen LogP) is 3.41. The van der Waals surface area contributed by atoms with E-state index >= 15 is 0 Å². The van der Waals surface area contributed by atoms with Gasteiger partial charge in [-0.2, -0.15) is 0 Å². The highest BCUT2D eigenvalue weighted by atomic mass is 35.5. The van der Waals surface area contributed by atoms with Gasteiger partial charge in [0.05, 0.1) is 18.2 Å². The number of aldehydes is 1. The number of aromatic nitrogens is 1. The molecule has 1 aliphatic rings. The summed E-state index contributed by atoms with van der Waals surface area (Å²) in [5.74, 6) is -1.59. The summed E-state index contributed by atoms with van der Waals surface area (Å²) in [6, 6.07) is 2.74. The molecule has 2 aromatic rings. The number of alkyl halides is 4. The largest absolute Gasteiger partial charge is 0.574 e. The summed E-state index contributed by atoms with van der Waals surface area (Å²) >= 11 is 6.11. The number of pyridine rings is 1. The molecule has 2 amide bonds. The van der Waals surface area contributed by atoms with E-state index in [4.69, 9.17) is 27.2 Å². The number of carbonyl (C=O) groups excluding carboxylic acids is 4. The number of amides is 2. The quantitative estimate of drug-likeness (QED) is 0.250. The Balaban J connectivity index is 0.000000426. The van der Waals surface area contributed by atoms with Crippen LogP contribution in [-0.4, -0.2) is 65.9 Å². The van der Waals surface area contributed by atoms with E-state index in [-0.39, 0.29) is 65.9 Å². The van der Waals surface area contributed by atoms with Gasteiger partial charge in [-0.3, -0.25) is 9.59 Å². The molecule has 43 heavy (non-hydrogen) atoms. The van der Waals surface area contributed by atoms with Crippen LogP contribution in [0.25, 0.3) is 0 Å². The van der Waals surface area contributed by atoms with Gasteiger partial charge in [0.15, 0.2) is 0 Å². The Kier molecular flexibility index (Phi) is 14.6. The van der Waals surface area contributed by atoms with Gasteiger partial charge in [0.2, 0.25) is 18.2 Å². The number of hydrogen-bond donors (Lipinski definition) is 3. The summed E-state index contributed by atoms with van der Waals surface area (Å²) < 4.78 is 68.3. The highest BCUT2D eigenvalue weighted by Gasteiger charge is 2.48. The maximum Gasteiger partial charge on any atom is 0.574 e. The Hall–Kier alpha value is -3.69. The van der Waals surface area contributed by atoms with E-state index in [1.165, 1.54) is 37.1 Å². The van der Waals surface area contributed by atoms with Crippen LogP contribution >= 0.6 is 11.6 Å². The van der Waals surface area contributed by atoms with Crippen LogP contribution in [0.5, 0.6) is 5.88 Å². The van der Waals surface area contributed by atoms with Crippen LogP contribution in [0.1, 0.15) is 47.9 Å². The zero-order chi connectivity index (χ0) is 33.0. The fraction of sp³-hybridized carbons (Fsp3) is 0.444. The van der Waals surface area contributed by atoms with E-state index in [1.54, 1.807) is 0 Å². The van der Waals surface area contributed by atoms with Crippen LogP contribution < -0.4 is 15.8 Å². The lowest BCUT2D eigenvalue weighted by atomic mass is 9.73. The van der Waals surface area contributed by atoms with Crippen molar-refractivity contribution in [1.82, 2.24) is 15.2 Å². The molecule has 1 fully saturated rings. The highest BCUT2D eigenvalue weighted by molar-refractivity contribution is 6.31. The molecular weight excluding hydrogens is 607 g/mol. The number of nitrogens with one attached hydrogen (secondary N) is 1. The van der Waals surface area contributed by atoms with Gasteiger partial charge in [-0.15, -0.1) is 13.2 Å². The standard InChI is InChI=1S/C16H20ClFN2O4.C10H10F4N2O.CH2O/c1-10-13(14(17)5-11(7-21)16(10)18)6-20(9-23)12(8-22)3-4-15(24)19-2;11-9(4-6(15)5-9)7-2-1-3-16-8(7)17-10(12,13)14;1-2/h5,8-9,12,21H,3-4,6-7H2,1-2H3,(H,19,24);1-3,6H,4-5,15H2;1H2. The molecule has 1 saturated carbocycles. The Bertz CT molecular complexity index is 1250. The number of hydrogen-bond acceptors (Lipinski definition) is 8. The van der Waals surface area contributed by atoms with E-state index in [9.17, 15) is 36.3 Å². The molecular formula is C27H32ClF5N4O6. The third-order valence-electron chi connectivity index (χ3n) is 6.47. The van der Waals surface area contributed by atoms with Gasteiger partial charge >= 0.3 is 6.36 Å². The summed E-state index contributed by atoms with van der Waals surface area (Å²) in [4.78, 5) is 46.5. The topological polar surface area (TPSA) is 152 Å². The second-order valence-corrected chi connectivity index (χ2v) is 9.73. The average Bonchev–Trinajstić information content (AvgIpc) is 2.96. The van der Waals surface area contributed by atoms with Crippen LogP contribution in [0.4, 0.5) is 22.0 Å². The number of ether oxygens (including phenoxy) is 1. The first kappa shape index (κ1) is 37.3. The molecule has 1 aliphatic carbocycles. The zero-order valence-corrected chi connectivity index (χ0v) is 24.1. The Labute approximate surface area is 249 Å². The number of aliphatic hydroxyl groups excluding tert-OH is 1. The summed E-state index contributed by atoms with van der Waals surface area (Å²) in [7, 11) is 1.48. The fourth-order valence-corrected chi connectivity index (χ4v) is 4.54. The Morgan fingerprint density at radius 1 is 1.37 bits per heavy atom. The third kappa shape index (κ3) is 10.5. The minimum atomic E-state index is -4.88. The van der Waals surface area contributed by atoms with Gasteiger partial charge in [0.1, 0.15) is 24.6 Å². The Morgan fingerprint density at radius 2 is 2.00 bits per heavy atom. The molecule has 10 nitrogen and oxygen atoms in total. The van der Waals surface area contributed by atoms with Crippen molar-refractivity contribution in [1.29, 1.82) is 0 Å². The van der Waals surface area contributed by atoms with Crippen LogP contribution in [0.15, 0.2) is 24.4 Å². The van der Waals surface area contributed by atoms with E-state index in [1.807, 2.05) is 6.79 Å². The fourth-order valence-electron chi connectivity index (χ4n) is 4.21. The molecule has 1 aromatic heterocycles. The number of aliphatic hydroxyl groups is 1. The van der Waals surface area contributed by atoms with Gasteiger partial charge in [-0.05, 0) is 42.7 Å². The van der Waals surface area contributed by atoms with Crippen molar-refractivity contribution in [2.24, 2.45) is 5.73 Å². The monoisotopic (exact) mass is 638 g/mol. The normalized spacial score (nSPS) is 18.0. The SMILES string of the molecule is C=O.CNC(=O)CCC(C=O)N(C=O)Cc1c(Cl)cc(CO)c(F)c1C.NC1CC(F)(c2cccnc2OC(F)(F)F)C1. The van der Waals surface area contributed by atoms with Crippen LogP contribution in [0, 0.1) is 12.7 Å². The Morgan fingerprint density at radius 3 is 2.49 bits per heavy atom. The molecule has 0 spiro atoms. The number of rotatable bonds is 11. The number of nitrogens with zero attached hydrogens (tertiary/aromatic N) is 2. The van der Waals surface area contributed by atoms with Crippen molar-refractivity contribution in [2.75, 3.05) is 7.05 Å². The molecule has 1 aromatic carbocycles.